The van der Waals surface area contributed by atoms with Crippen molar-refractivity contribution in [1.29, 1.82) is 0 Å². The van der Waals surface area contributed by atoms with Crippen LogP contribution in [0.15, 0.2) is 30.3 Å². The fraction of sp³-hybridized carbons (Fsp3) is 0.481. The van der Waals surface area contributed by atoms with E-state index in [2.05, 4.69) is 0 Å². The fourth-order valence-electron chi connectivity index (χ4n) is 4.25. The molecule has 2 aromatic carbocycles. The smallest absolute Gasteiger partial charge is 0.309 e. The van der Waals surface area contributed by atoms with E-state index in [1.165, 1.54) is 0 Å². The van der Waals surface area contributed by atoms with Crippen molar-refractivity contribution < 1.29 is 28.5 Å². The van der Waals surface area contributed by atoms with Crippen LogP contribution in [0.1, 0.15) is 62.9 Å². The van der Waals surface area contributed by atoms with Crippen LogP contribution in [0.25, 0.3) is 11.1 Å². The second-order valence-electron chi connectivity index (χ2n) is 8.92. The van der Waals surface area contributed by atoms with Crippen LogP contribution in [-0.4, -0.2) is 38.2 Å². The van der Waals surface area contributed by atoms with Gasteiger partial charge in [0.05, 0.1) is 20.1 Å². The van der Waals surface area contributed by atoms with Crippen molar-refractivity contribution in [3.63, 3.8) is 0 Å². The predicted molar refractivity (Wildman–Crippen MR) is 127 cm³/mol. The van der Waals surface area contributed by atoms with Crippen LogP contribution in [-0.2, 0) is 16.0 Å². The van der Waals surface area contributed by atoms with Crippen LogP contribution in [0.2, 0.25) is 0 Å². The number of fused-ring (bicyclic) bond motifs is 1. The first-order chi connectivity index (χ1) is 15.8. The number of hydrogen-bond donors (Lipinski definition) is 0. The molecule has 0 aromatic heterocycles. The summed E-state index contributed by atoms with van der Waals surface area (Å²) >= 11 is 0. The van der Waals surface area contributed by atoms with Crippen molar-refractivity contribution in [2.75, 3.05) is 20.8 Å². The minimum atomic E-state index is -0.848. The molecule has 0 fully saturated rings. The van der Waals surface area contributed by atoms with Crippen molar-refractivity contribution in [1.82, 2.24) is 0 Å². The van der Waals surface area contributed by atoms with E-state index in [9.17, 15) is 9.59 Å². The SMILES string of the molecule is CCC(CC)C(=O)OC(C)(C)COc1c(-c2cccc3c2CCC3=O)ccc(OC)c1OC. The van der Waals surface area contributed by atoms with Gasteiger partial charge in [-0.05, 0) is 56.4 Å². The summed E-state index contributed by atoms with van der Waals surface area (Å²) in [5.74, 6) is 1.30. The van der Waals surface area contributed by atoms with Crippen molar-refractivity contribution in [3.05, 3.63) is 41.5 Å². The molecule has 6 nitrogen and oxygen atoms in total. The average Bonchev–Trinajstić information content (AvgIpc) is 3.18. The van der Waals surface area contributed by atoms with Crippen molar-refractivity contribution in [2.45, 2.75) is 59.0 Å². The number of ether oxygens (including phenoxy) is 4. The van der Waals surface area contributed by atoms with Crippen LogP contribution in [0.5, 0.6) is 17.2 Å². The zero-order valence-corrected chi connectivity index (χ0v) is 20.4. The van der Waals surface area contributed by atoms with Crippen molar-refractivity contribution in [2.24, 2.45) is 5.92 Å². The molecular weight excluding hydrogens is 420 g/mol. The second-order valence-corrected chi connectivity index (χ2v) is 8.92. The number of benzene rings is 2. The van der Waals surface area contributed by atoms with E-state index in [1.54, 1.807) is 14.2 Å². The Morgan fingerprint density at radius 1 is 0.939 bits per heavy atom. The Morgan fingerprint density at radius 2 is 1.64 bits per heavy atom. The number of esters is 1. The largest absolute Gasteiger partial charge is 0.493 e. The van der Waals surface area contributed by atoms with Crippen LogP contribution in [0.3, 0.4) is 0 Å². The standard InChI is InChI=1S/C27H34O6/c1-7-17(8-2)26(29)33-27(3,4)16-32-24-21(13-15-23(30-5)25(24)31-6)18-10-9-11-20-19(18)12-14-22(20)28/h9-11,13,15,17H,7-8,12,14,16H2,1-6H3. The summed E-state index contributed by atoms with van der Waals surface area (Å²) in [6.45, 7) is 7.76. The van der Waals surface area contributed by atoms with E-state index in [1.807, 2.05) is 58.0 Å². The van der Waals surface area contributed by atoms with Gasteiger partial charge in [0.25, 0.3) is 0 Å². The predicted octanol–water partition coefficient (Wildman–Crippen LogP) is 5.64. The molecule has 0 spiro atoms. The number of carbonyl (C=O) groups is 2. The van der Waals surface area contributed by atoms with Gasteiger partial charge in [-0.3, -0.25) is 9.59 Å². The highest BCUT2D eigenvalue weighted by atomic mass is 16.6. The van der Waals surface area contributed by atoms with Crippen LogP contribution in [0, 0.1) is 5.92 Å². The Labute approximate surface area is 196 Å². The summed E-state index contributed by atoms with van der Waals surface area (Å²) in [6, 6.07) is 9.49. The maximum atomic E-state index is 12.5. The molecule has 0 heterocycles. The van der Waals surface area contributed by atoms with Crippen LogP contribution < -0.4 is 14.2 Å². The first-order valence-corrected chi connectivity index (χ1v) is 11.5. The van der Waals surface area contributed by atoms with Gasteiger partial charge in [0.15, 0.2) is 17.3 Å². The van der Waals surface area contributed by atoms with E-state index in [0.717, 1.165) is 35.1 Å². The minimum Gasteiger partial charge on any atom is -0.493 e. The first kappa shape index (κ1) is 24.6. The van der Waals surface area contributed by atoms with Gasteiger partial charge < -0.3 is 18.9 Å². The Kier molecular flexibility index (Phi) is 7.67. The van der Waals surface area contributed by atoms with Crippen LogP contribution in [0.4, 0.5) is 0 Å². The lowest BCUT2D eigenvalue weighted by Crippen LogP contribution is -2.37. The maximum absolute atomic E-state index is 12.5. The molecule has 1 aliphatic carbocycles. The first-order valence-electron chi connectivity index (χ1n) is 11.5. The lowest BCUT2D eigenvalue weighted by molar-refractivity contribution is -0.164. The number of hydrogen-bond acceptors (Lipinski definition) is 6. The normalized spacial score (nSPS) is 13.1. The molecule has 0 bridgehead atoms. The number of ketones is 1. The summed E-state index contributed by atoms with van der Waals surface area (Å²) in [5.41, 5.74) is 2.66. The fourth-order valence-corrected chi connectivity index (χ4v) is 4.25. The lowest BCUT2D eigenvalue weighted by Gasteiger charge is -2.28. The summed E-state index contributed by atoms with van der Waals surface area (Å²) in [5, 5.41) is 0. The second kappa shape index (κ2) is 10.3. The molecule has 0 aliphatic heterocycles. The number of carbonyl (C=O) groups excluding carboxylic acids is 2. The molecule has 2 aromatic rings. The molecule has 0 saturated heterocycles. The average molecular weight is 455 g/mol. The molecule has 33 heavy (non-hydrogen) atoms. The molecule has 0 radical (unpaired) electrons. The van der Waals surface area contributed by atoms with Gasteiger partial charge in [-0.1, -0.05) is 32.0 Å². The molecule has 0 atom stereocenters. The molecule has 178 valence electrons. The van der Waals surface area contributed by atoms with Gasteiger partial charge in [0.1, 0.15) is 12.2 Å². The zero-order valence-electron chi connectivity index (χ0n) is 20.4. The highest BCUT2D eigenvalue weighted by Gasteiger charge is 2.30. The Hall–Kier alpha value is -3.02. The maximum Gasteiger partial charge on any atom is 0.309 e. The minimum absolute atomic E-state index is 0.128. The molecule has 0 amide bonds. The molecule has 0 N–H and O–H groups in total. The van der Waals surface area contributed by atoms with Crippen molar-refractivity contribution in [3.8, 4) is 28.4 Å². The Morgan fingerprint density at radius 3 is 2.27 bits per heavy atom. The van der Waals surface area contributed by atoms with E-state index < -0.39 is 5.60 Å². The van der Waals surface area contributed by atoms with E-state index in [-0.39, 0.29) is 24.3 Å². The number of rotatable bonds is 10. The van der Waals surface area contributed by atoms with Gasteiger partial charge in [0.2, 0.25) is 5.75 Å². The molecule has 3 rings (SSSR count). The summed E-state index contributed by atoms with van der Waals surface area (Å²) < 4.78 is 23.2. The van der Waals surface area contributed by atoms with E-state index >= 15 is 0 Å². The number of methoxy groups -OCH3 is 2. The number of Topliss-reactive ketones (excluding diaryl/α,β-unsaturated/α-hetero) is 1. The van der Waals surface area contributed by atoms with Gasteiger partial charge in [-0.2, -0.15) is 0 Å². The Bertz CT molecular complexity index is 1020. The highest BCUT2D eigenvalue weighted by Crippen LogP contribution is 2.46. The molecule has 6 heteroatoms. The van der Waals surface area contributed by atoms with Gasteiger partial charge >= 0.3 is 5.97 Å². The van der Waals surface area contributed by atoms with E-state index in [4.69, 9.17) is 18.9 Å². The van der Waals surface area contributed by atoms with Crippen molar-refractivity contribution >= 4 is 11.8 Å². The third kappa shape index (κ3) is 5.15. The third-order valence-electron chi connectivity index (χ3n) is 6.13. The summed E-state index contributed by atoms with van der Waals surface area (Å²) in [4.78, 5) is 24.8. The van der Waals surface area contributed by atoms with Crippen LogP contribution >= 0.6 is 0 Å². The quantitative estimate of drug-likeness (QED) is 0.433. The molecule has 0 unspecified atom stereocenters. The molecule has 0 saturated carbocycles. The molecular formula is C27H34O6. The monoisotopic (exact) mass is 454 g/mol. The lowest BCUT2D eigenvalue weighted by atomic mass is 9.95. The van der Waals surface area contributed by atoms with Gasteiger partial charge in [-0.25, -0.2) is 0 Å². The van der Waals surface area contributed by atoms with Gasteiger partial charge in [-0.15, -0.1) is 0 Å². The topological polar surface area (TPSA) is 71.1 Å². The highest BCUT2D eigenvalue weighted by molar-refractivity contribution is 6.02. The zero-order chi connectivity index (χ0) is 24.2. The van der Waals surface area contributed by atoms with E-state index in [0.29, 0.717) is 30.1 Å². The Balaban J connectivity index is 1.98. The van der Waals surface area contributed by atoms with Gasteiger partial charge in [0, 0.05) is 17.5 Å². The summed E-state index contributed by atoms with van der Waals surface area (Å²) in [7, 11) is 3.13. The molecule has 1 aliphatic rings. The third-order valence-corrected chi connectivity index (χ3v) is 6.13. The summed E-state index contributed by atoms with van der Waals surface area (Å²) in [6.07, 6.45) is 2.67.